The minimum atomic E-state index is -1.52. The van der Waals surface area contributed by atoms with Gasteiger partial charge in [-0.25, -0.2) is 14.4 Å². The van der Waals surface area contributed by atoms with E-state index in [1.807, 2.05) is 4.98 Å². The fourth-order valence-electron chi connectivity index (χ4n) is 0.907. The standard InChI is InChI=1S/C7H5NO6/c9-5(10)2-1-3(6(11)12)8-4(2)7(13)14/h1,8H,(H,9,10)(H,11,12)(H,13,14)/i2+1,4+1,5+1,7+1,8+1. The van der Waals surface area contributed by atoms with Gasteiger partial charge < -0.3 is 20.3 Å². The van der Waals surface area contributed by atoms with Crippen molar-refractivity contribution in [2.75, 3.05) is 0 Å². The van der Waals surface area contributed by atoms with E-state index in [1.54, 1.807) is 0 Å². The summed E-state index contributed by atoms with van der Waals surface area (Å²) in [5.74, 6) is -4.43. The molecule has 7 nitrogen and oxygen atoms in total. The van der Waals surface area contributed by atoms with Crippen molar-refractivity contribution >= 4 is 17.9 Å². The lowest BCUT2D eigenvalue weighted by Crippen LogP contribution is -2.06. The first-order valence-electron chi connectivity index (χ1n) is 3.36. The number of nitrogens with one attached hydrogen (secondary N) is 1. The average Bonchev–Trinajstić information content (AvgIpc) is 2.47. The first kappa shape index (κ1) is 9.78. The van der Waals surface area contributed by atoms with Crippen LogP contribution in [0.15, 0.2) is 6.07 Å². The normalized spacial score (nSPS) is 9.71. The molecule has 0 spiro atoms. The zero-order valence-corrected chi connectivity index (χ0v) is 6.64. The third-order valence-electron chi connectivity index (χ3n) is 1.49. The van der Waals surface area contributed by atoms with Crippen LogP contribution in [-0.4, -0.2) is 38.2 Å². The summed E-state index contributed by atoms with van der Waals surface area (Å²) in [5.41, 5.74) is -1.69. The molecule has 0 aliphatic rings. The molecule has 0 atom stereocenters. The van der Waals surface area contributed by atoms with Gasteiger partial charge in [-0.1, -0.05) is 0 Å². The highest BCUT2D eigenvalue weighted by atomic mass is 16.5. The van der Waals surface area contributed by atoms with Crippen LogP contribution in [0, 0.1) is 0 Å². The van der Waals surface area contributed by atoms with Crippen LogP contribution in [0.1, 0.15) is 31.3 Å². The van der Waals surface area contributed by atoms with Crippen molar-refractivity contribution in [1.29, 1.82) is 0 Å². The molecule has 74 valence electrons. The molecule has 1 aromatic rings. The Morgan fingerprint density at radius 2 is 1.57 bits per heavy atom. The first-order valence-corrected chi connectivity index (χ1v) is 3.36. The molecule has 0 amide bonds. The molecule has 4 N–H and O–H groups in total. The number of hydrogen-bond donors (Lipinski definition) is 4. The molecule has 1 rings (SSSR count). The van der Waals surface area contributed by atoms with E-state index in [0.29, 0.717) is 0 Å². The van der Waals surface area contributed by atoms with Crippen LogP contribution in [0.4, 0.5) is 0 Å². The van der Waals surface area contributed by atoms with Gasteiger partial charge in [0.15, 0.2) is 0 Å². The Kier molecular flexibility index (Phi) is 2.24. The minimum Gasteiger partial charge on any atom is -0.478 e. The fraction of sp³-hybridized carbons (Fsp3) is 0. The van der Waals surface area contributed by atoms with Crippen LogP contribution in [0.25, 0.3) is 0 Å². The Morgan fingerprint density at radius 1 is 1.00 bits per heavy atom. The summed E-state index contributed by atoms with van der Waals surface area (Å²) in [6, 6.07) is 0.758. The Labute approximate surface area is 76.6 Å². The number of rotatable bonds is 3. The van der Waals surface area contributed by atoms with Gasteiger partial charge in [-0.05, 0) is 6.07 Å². The molecule has 14 heavy (non-hydrogen) atoms. The van der Waals surface area contributed by atoms with E-state index in [9.17, 15) is 14.4 Å². The van der Waals surface area contributed by atoms with Crippen molar-refractivity contribution in [2.24, 2.45) is 0 Å². The third kappa shape index (κ3) is 1.56. The molecule has 1 aromatic heterocycles. The summed E-state index contributed by atoms with van der Waals surface area (Å²) in [7, 11) is 0. The zero-order chi connectivity index (χ0) is 10.9. The van der Waals surface area contributed by atoms with Gasteiger partial charge in [-0.15, -0.1) is 0 Å². The molecule has 0 aromatic carbocycles. The van der Waals surface area contributed by atoms with Crippen LogP contribution in [0.5, 0.6) is 0 Å². The van der Waals surface area contributed by atoms with Gasteiger partial charge in [0, 0.05) is 0 Å². The third-order valence-corrected chi connectivity index (χ3v) is 1.49. The number of aromatic nitrogens is 1. The lowest BCUT2D eigenvalue weighted by Gasteiger charge is -1.90. The van der Waals surface area contributed by atoms with Gasteiger partial charge in [0.25, 0.3) is 0 Å². The summed E-state index contributed by atoms with van der Waals surface area (Å²) >= 11 is 0. The van der Waals surface area contributed by atoms with E-state index in [1.165, 1.54) is 0 Å². The zero-order valence-electron chi connectivity index (χ0n) is 6.64. The lowest BCUT2D eigenvalue weighted by atomic mass is 10.5. The maximum absolute atomic E-state index is 10.5. The van der Waals surface area contributed by atoms with Gasteiger partial charge in [-0.3, -0.25) is 0 Å². The predicted octanol–water partition coefficient (Wildman–Crippen LogP) is 0.109. The van der Waals surface area contributed by atoms with Crippen LogP contribution >= 0.6 is 0 Å². The highest BCUT2D eigenvalue weighted by Gasteiger charge is 2.21. The molecule has 0 saturated heterocycles. The van der Waals surface area contributed by atoms with Crippen molar-refractivity contribution < 1.29 is 29.7 Å². The van der Waals surface area contributed by atoms with Gasteiger partial charge in [0.05, 0.1) is 5.56 Å². The molecule has 0 saturated carbocycles. The highest BCUT2D eigenvalue weighted by Crippen LogP contribution is 2.11. The minimum absolute atomic E-state index is 0.472. The monoisotopic (exact) mass is 204 g/mol. The molecule has 0 unspecified atom stereocenters. The largest absolute Gasteiger partial charge is 0.478 e. The molecule has 7 heteroatoms. The predicted molar refractivity (Wildman–Crippen MR) is 41.7 cm³/mol. The molecular weight excluding hydrogens is 199 g/mol. The molecule has 0 fully saturated rings. The first-order chi connectivity index (χ1) is 6.43. The molecule has 1 heterocycles. The van der Waals surface area contributed by atoms with Gasteiger partial charge >= 0.3 is 17.9 Å². The smallest absolute Gasteiger partial charge is 0.353 e. The summed E-state index contributed by atoms with van der Waals surface area (Å²) in [5, 5.41) is 25.5. The summed E-state index contributed by atoms with van der Waals surface area (Å²) < 4.78 is 0. The molecule has 0 aliphatic heterocycles. The Hall–Kier alpha value is -2.31. The Bertz CT molecular complexity index is 386. The van der Waals surface area contributed by atoms with Crippen molar-refractivity contribution in [3.05, 3.63) is 23.0 Å². The topological polar surface area (TPSA) is 128 Å². The van der Waals surface area contributed by atoms with E-state index in [4.69, 9.17) is 15.3 Å². The fourth-order valence-corrected chi connectivity index (χ4v) is 0.907. The maximum Gasteiger partial charge on any atom is 0.353 e. The average molecular weight is 204 g/mol. The lowest BCUT2D eigenvalue weighted by molar-refractivity contribution is 0.0648. The van der Waals surface area contributed by atoms with E-state index in [2.05, 4.69) is 0 Å². The van der Waals surface area contributed by atoms with Crippen LogP contribution < -0.4 is 0 Å². The second-order valence-corrected chi connectivity index (χ2v) is 2.39. The van der Waals surface area contributed by atoms with E-state index < -0.39 is 34.9 Å². The quantitative estimate of drug-likeness (QED) is 0.517. The second kappa shape index (κ2) is 3.21. The van der Waals surface area contributed by atoms with Crippen molar-refractivity contribution in [3.8, 4) is 0 Å². The molecule has 0 bridgehead atoms. The van der Waals surface area contributed by atoms with Crippen molar-refractivity contribution in [2.45, 2.75) is 0 Å². The number of carboxylic acid groups (broad SMARTS) is 3. The van der Waals surface area contributed by atoms with Crippen molar-refractivity contribution in [1.82, 2.24) is 4.98 Å². The van der Waals surface area contributed by atoms with Crippen LogP contribution in [-0.2, 0) is 0 Å². The van der Waals surface area contributed by atoms with Gasteiger partial charge in [0.2, 0.25) is 0 Å². The molecule has 0 aliphatic carbocycles. The maximum atomic E-state index is 10.5. The second-order valence-electron chi connectivity index (χ2n) is 2.39. The SMILES string of the molecule is O=C(O)c1c[13c]([13C](=O)O)[13c]([13C](=O)O)[15nH]1. The van der Waals surface area contributed by atoms with E-state index in [-0.39, 0.29) is 0 Å². The van der Waals surface area contributed by atoms with E-state index >= 15 is 0 Å². The van der Waals surface area contributed by atoms with Gasteiger partial charge in [0.1, 0.15) is 11.4 Å². The number of aromatic amines is 1. The van der Waals surface area contributed by atoms with E-state index in [0.717, 1.165) is 6.07 Å². The number of H-pyrrole nitrogens is 1. The summed E-state index contributed by atoms with van der Waals surface area (Å²) in [4.78, 5) is 33.3. The number of hydrogen-bond acceptors (Lipinski definition) is 3. The highest BCUT2D eigenvalue weighted by molar-refractivity contribution is 6.03. The number of carbonyl (C=O) groups is 3. The Morgan fingerprint density at radius 3 is 1.86 bits per heavy atom. The van der Waals surface area contributed by atoms with Gasteiger partial charge in [-0.2, -0.15) is 0 Å². The van der Waals surface area contributed by atoms with Crippen LogP contribution in [0.2, 0.25) is 0 Å². The summed E-state index contributed by atoms with van der Waals surface area (Å²) in [6.45, 7) is 0. The van der Waals surface area contributed by atoms with Crippen LogP contribution in [0.3, 0.4) is 0 Å². The molecule has 0 radical (unpaired) electrons. The number of carboxylic acids is 3. The van der Waals surface area contributed by atoms with Crippen molar-refractivity contribution in [3.63, 3.8) is 0 Å². The summed E-state index contributed by atoms with van der Waals surface area (Å²) in [6.07, 6.45) is 0. The number of aromatic carboxylic acids is 3. The Balaban J connectivity index is 3.33. The molecular formula is C7H5NO6.